The van der Waals surface area contributed by atoms with Gasteiger partial charge in [0.15, 0.2) is 12.2 Å². The number of ether oxygens (including phenoxy) is 5. The molecule has 0 saturated carbocycles. The Labute approximate surface area is 264 Å². The number of thioether (sulfide) groups is 1. The van der Waals surface area contributed by atoms with Crippen molar-refractivity contribution in [1.29, 1.82) is 0 Å². The van der Waals surface area contributed by atoms with Crippen LogP contribution in [0.2, 0.25) is 0 Å². The molecule has 1 aromatic rings. The van der Waals surface area contributed by atoms with Crippen molar-refractivity contribution < 1.29 is 57.2 Å². The van der Waals surface area contributed by atoms with Crippen molar-refractivity contribution in [2.45, 2.75) is 93.7 Å². The summed E-state index contributed by atoms with van der Waals surface area (Å²) in [6.07, 6.45) is -6.02. The molecule has 1 fully saturated rings. The maximum Gasteiger partial charge on any atom is 0.349 e. The molecule has 0 radical (unpaired) electrons. The number of hydrogen-bond donors (Lipinski definition) is 3. The molecule has 6 atom stereocenters. The number of rotatable bonds is 15. The Morgan fingerprint density at radius 3 is 2.16 bits per heavy atom. The second-order valence-electron chi connectivity index (χ2n) is 10.2. The topological polar surface area (TPSA) is 216 Å². The van der Waals surface area contributed by atoms with Gasteiger partial charge in [-0.1, -0.05) is 30.0 Å². The molecule has 248 valence electrons. The molecule has 45 heavy (non-hydrogen) atoms. The van der Waals surface area contributed by atoms with Crippen LogP contribution < -0.4 is 16.4 Å². The summed E-state index contributed by atoms with van der Waals surface area (Å²) in [5.74, 6) is -5.00. The van der Waals surface area contributed by atoms with E-state index in [0.29, 0.717) is 4.90 Å². The number of benzene rings is 1. The van der Waals surface area contributed by atoms with Crippen LogP contribution >= 0.6 is 11.8 Å². The van der Waals surface area contributed by atoms with Gasteiger partial charge in [-0.15, -0.1) is 0 Å². The first kappa shape index (κ1) is 37.0. The van der Waals surface area contributed by atoms with Gasteiger partial charge in [0.2, 0.25) is 22.7 Å². The van der Waals surface area contributed by atoms with E-state index in [-0.39, 0.29) is 25.7 Å². The van der Waals surface area contributed by atoms with Gasteiger partial charge in [0, 0.05) is 51.9 Å². The van der Waals surface area contributed by atoms with E-state index in [1.807, 2.05) is 0 Å². The molecular weight excluding hydrogens is 614 g/mol. The molecule has 0 bridgehead atoms. The molecule has 15 nitrogen and oxygen atoms in total. The lowest BCUT2D eigenvalue weighted by Gasteiger charge is -2.48. The van der Waals surface area contributed by atoms with Crippen LogP contribution in [0.15, 0.2) is 35.2 Å². The maximum absolute atomic E-state index is 13.5. The number of hydrogen-bond acceptors (Lipinski definition) is 13. The largest absolute Gasteiger partial charge is 0.466 e. The molecule has 4 N–H and O–H groups in total. The van der Waals surface area contributed by atoms with Gasteiger partial charge in [0.25, 0.3) is 0 Å². The summed E-state index contributed by atoms with van der Waals surface area (Å²) < 4.78 is 28.2. The smallest absolute Gasteiger partial charge is 0.349 e. The Bertz CT molecular complexity index is 1250. The molecule has 3 amide bonds. The second-order valence-corrected chi connectivity index (χ2v) is 11.5. The van der Waals surface area contributed by atoms with Gasteiger partial charge in [-0.05, 0) is 18.6 Å². The summed E-state index contributed by atoms with van der Waals surface area (Å²) in [4.78, 5) is 85.0. The van der Waals surface area contributed by atoms with Crippen LogP contribution in [0.25, 0.3) is 0 Å². The Morgan fingerprint density at radius 2 is 1.62 bits per heavy atom. The predicted octanol–water partition coefficient (Wildman–Crippen LogP) is 0.509. The third-order valence-corrected chi connectivity index (χ3v) is 7.66. The van der Waals surface area contributed by atoms with E-state index in [4.69, 9.17) is 29.4 Å². The number of nitrogens with two attached hydrogens (primary N) is 1. The van der Waals surface area contributed by atoms with Crippen LogP contribution in [-0.2, 0) is 57.2 Å². The van der Waals surface area contributed by atoms with Crippen LogP contribution in [0.1, 0.15) is 53.4 Å². The van der Waals surface area contributed by atoms with Crippen molar-refractivity contribution in [3.8, 4) is 0 Å². The summed E-state index contributed by atoms with van der Waals surface area (Å²) in [5, 5.41) is 5.21. The van der Waals surface area contributed by atoms with Crippen LogP contribution in [0, 0.1) is 0 Å². The lowest BCUT2D eigenvalue weighted by atomic mass is 9.89. The van der Waals surface area contributed by atoms with Crippen LogP contribution in [-0.4, -0.2) is 90.6 Å². The fraction of sp³-hybridized carbons (Fsp3) is 0.552. The molecular formula is C29H39N3O12S. The van der Waals surface area contributed by atoms with Gasteiger partial charge in [-0.25, -0.2) is 4.79 Å². The minimum absolute atomic E-state index is 0.0304. The fourth-order valence-corrected chi connectivity index (χ4v) is 5.98. The summed E-state index contributed by atoms with van der Waals surface area (Å²) >= 11 is 0.935. The summed E-state index contributed by atoms with van der Waals surface area (Å²) in [5.41, 5.74) is 5.13. The quantitative estimate of drug-likeness (QED) is 0.174. The fourth-order valence-electron chi connectivity index (χ4n) is 4.74. The molecule has 16 heteroatoms. The molecule has 0 unspecified atom stereocenters. The highest BCUT2D eigenvalue weighted by molar-refractivity contribution is 8.01. The van der Waals surface area contributed by atoms with Gasteiger partial charge in [0.1, 0.15) is 12.2 Å². The molecule has 1 aromatic carbocycles. The number of amides is 3. The average molecular weight is 654 g/mol. The van der Waals surface area contributed by atoms with Gasteiger partial charge in [-0.3, -0.25) is 28.8 Å². The molecule has 1 aliphatic heterocycles. The number of primary amides is 1. The maximum atomic E-state index is 13.5. The summed E-state index contributed by atoms with van der Waals surface area (Å²) in [6.45, 7) is 4.09. The normalized spacial score (nSPS) is 22.1. The number of carbonyl (C=O) groups is 7. The highest BCUT2D eigenvalue weighted by atomic mass is 32.2. The van der Waals surface area contributed by atoms with E-state index in [2.05, 4.69) is 10.6 Å². The molecule has 1 aliphatic rings. The first-order valence-electron chi connectivity index (χ1n) is 14.0. The third kappa shape index (κ3) is 11.7. The zero-order chi connectivity index (χ0) is 33.7. The van der Waals surface area contributed by atoms with Gasteiger partial charge in [-0.2, -0.15) is 0 Å². The molecule has 0 aromatic heterocycles. The summed E-state index contributed by atoms with van der Waals surface area (Å²) in [6, 6.07) is 7.37. The second kappa shape index (κ2) is 17.3. The third-order valence-electron chi connectivity index (χ3n) is 6.40. The van der Waals surface area contributed by atoms with Crippen molar-refractivity contribution in [1.82, 2.24) is 10.6 Å². The van der Waals surface area contributed by atoms with Crippen LogP contribution in [0.5, 0.6) is 0 Å². The first-order chi connectivity index (χ1) is 21.2. The minimum atomic E-state index is -1.92. The van der Waals surface area contributed by atoms with Crippen molar-refractivity contribution in [3.05, 3.63) is 30.3 Å². The summed E-state index contributed by atoms with van der Waals surface area (Å²) in [7, 11) is 1.13. The van der Waals surface area contributed by atoms with E-state index < -0.39 is 83.5 Å². The SMILES string of the molecule is COC(=O)[C@@]1(Sc2ccccc2)C[C@H](OC(C)=O)[C@@H](NC(C)=O)[C@H]([C@H](OC(C)=O)[C@@H](CNC(=O)CCCC(N)=O)OC(C)=O)O1. The predicted molar refractivity (Wildman–Crippen MR) is 157 cm³/mol. The van der Waals surface area contributed by atoms with Crippen LogP contribution in [0.4, 0.5) is 0 Å². The molecule has 1 saturated heterocycles. The Hall–Kier alpha value is -4.18. The monoisotopic (exact) mass is 653 g/mol. The van der Waals surface area contributed by atoms with Crippen molar-refractivity contribution in [2.24, 2.45) is 5.73 Å². The molecule has 1 heterocycles. The lowest BCUT2D eigenvalue weighted by molar-refractivity contribution is -0.220. The van der Waals surface area contributed by atoms with Gasteiger partial charge < -0.3 is 40.1 Å². The highest BCUT2D eigenvalue weighted by Crippen LogP contribution is 2.45. The van der Waals surface area contributed by atoms with Crippen LogP contribution in [0.3, 0.4) is 0 Å². The zero-order valence-electron chi connectivity index (χ0n) is 25.7. The molecule has 2 rings (SSSR count). The van der Waals surface area contributed by atoms with Gasteiger partial charge in [0.05, 0.1) is 19.7 Å². The Kier molecular flexibility index (Phi) is 14.3. The van der Waals surface area contributed by atoms with E-state index in [1.165, 1.54) is 6.92 Å². The number of esters is 4. The standard InChI is InChI=1S/C29H39N3O12S/c1-16(33)32-25-21(41-17(2)34)14-29(28(39)40-5,45-20-10-7-6-8-11-20)44-27(25)26(43-19(4)36)22(42-18(3)35)15-31-24(38)13-9-12-23(30)37/h6-8,10-11,21-22,25-27H,9,12-15H2,1-5H3,(H2,30,37)(H,31,38)(H,32,33)/t21-,22+,25+,26+,27+,29-/m0/s1. The van der Waals surface area contributed by atoms with Crippen molar-refractivity contribution >= 4 is 53.4 Å². The first-order valence-corrected chi connectivity index (χ1v) is 14.8. The zero-order valence-corrected chi connectivity index (χ0v) is 26.5. The van der Waals surface area contributed by atoms with E-state index in [1.54, 1.807) is 30.3 Å². The minimum Gasteiger partial charge on any atom is -0.466 e. The number of methoxy groups -OCH3 is 1. The molecule has 0 spiro atoms. The Morgan fingerprint density at radius 1 is 0.978 bits per heavy atom. The Balaban J connectivity index is 2.66. The van der Waals surface area contributed by atoms with E-state index >= 15 is 0 Å². The number of nitrogens with one attached hydrogen (secondary N) is 2. The van der Waals surface area contributed by atoms with Crippen molar-refractivity contribution in [3.63, 3.8) is 0 Å². The average Bonchev–Trinajstić information content (AvgIpc) is 2.94. The van der Waals surface area contributed by atoms with E-state index in [0.717, 1.165) is 39.6 Å². The van der Waals surface area contributed by atoms with Gasteiger partial charge >= 0.3 is 23.9 Å². The van der Waals surface area contributed by atoms with Crippen molar-refractivity contribution in [2.75, 3.05) is 13.7 Å². The van der Waals surface area contributed by atoms with E-state index in [9.17, 15) is 33.6 Å². The highest BCUT2D eigenvalue weighted by Gasteiger charge is 2.58. The number of carbonyl (C=O) groups excluding carboxylic acids is 7. The lowest BCUT2D eigenvalue weighted by Crippen LogP contribution is -2.68. The molecule has 0 aliphatic carbocycles.